The third kappa shape index (κ3) is 2.52. The van der Waals surface area contributed by atoms with E-state index >= 15 is 0 Å². The number of aromatic nitrogens is 3. The summed E-state index contributed by atoms with van der Waals surface area (Å²) in [7, 11) is 1.98. The van der Waals surface area contributed by atoms with Crippen molar-refractivity contribution < 1.29 is 9.90 Å². The van der Waals surface area contributed by atoms with Crippen molar-refractivity contribution in [2.24, 2.45) is 0 Å². The number of anilines is 1. The molecule has 2 rings (SSSR count). The standard InChI is InChI=1S/C13H18N4O2/c1-4-5-6-16(3)11-7-9(2)15-12-10(13(18)19)8-14-17(11)12/h7-8H,4-6H2,1-3H3,(H,18,19). The number of aromatic carboxylic acids is 1. The second-order valence-corrected chi connectivity index (χ2v) is 4.63. The first-order valence-electron chi connectivity index (χ1n) is 6.34. The highest BCUT2D eigenvalue weighted by Gasteiger charge is 2.16. The number of nitrogens with zero attached hydrogens (tertiary/aromatic N) is 4. The van der Waals surface area contributed by atoms with Crippen LogP contribution in [0.15, 0.2) is 12.3 Å². The van der Waals surface area contributed by atoms with Gasteiger partial charge in [-0.15, -0.1) is 0 Å². The molecule has 2 heterocycles. The summed E-state index contributed by atoms with van der Waals surface area (Å²) in [5.41, 5.74) is 1.31. The first-order valence-corrected chi connectivity index (χ1v) is 6.34. The molecule has 2 aromatic heterocycles. The van der Waals surface area contributed by atoms with E-state index in [-0.39, 0.29) is 5.56 Å². The van der Waals surface area contributed by atoms with Gasteiger partial charge in [-0.2, -0.15) is 9.61 Å². The van der Waals surface area contributed by atoms with Crippen LogP contribution in [0.25, 0.3) is 5.65 Å². The molecule has 0 atom stereocenters. The van der Waals surface area contributed by atoms with Crippen LogP contribution >= 0.6 is 0 Å². The second-order valence-electron chi connectivity index (χ2n) is 4.63. The van der Waals surface area contributed by atoms with E-state index in [4.69, 9.17) is 5.11 Å². The lowest BCUT2D eigenvalue weighted by Crippen LogP contribution is -2.22. The zero-order chi connectivity index (χ0) is 14.0. The first kappa shape index (κ1) is 13.3. The molecule has 0 fully saturated rings. The van der Waals surface area contributed by atoms with E-state index in [1.807, 2.05) is 20.0 Å². The van der Waals surface area contributed by atoms with Gasteiger partial charge in [0.15, 0.2) is 5.65 Å². The van der Waals surface area contributed by atoms with Gasteiger partial charge in [0.05, 0.1) is 6.20 Å². The molecular formula is C13H18N4O2. The normalized spacial score (nSPS) is 10.9. The fraction of sp³-hybridized carbons (Fsp3) is 0.462. The summed E-state index contributed by atoms with van der Waals surface area (Å²) in [6.07, 6.45) is 3.53. The molecule has 0 radical (unpaired) electrons. The lowest BCUT2D eigenvalue weighted by atomic mass is 10.3. The molecule has 0 saturated heterocycles. The molecule has 6 nitrogen and oxygen atoms in total. The van der Waals surface area contributed by atoms with E-state index in [0.29, 0.717) is 5.65 Å². The average Bonchev–Trinajstić information content (AvgIpc) is 2.78. The largest absolute Gasteiger partial charge is 0.477 e. The van der Waals surface area contributed by atoms with Gasteiger partial charge in [0, 0.05) is 25.4 Å². The Bertz CT molecular complexity index is 606. The number of rotatable bonds is 5. The van der Waals surface area contributed by atoms with Gasteiger partial charge in [-0.3, -0.25) is 0 Å². The van der Waals surface area contributed by atoms with Gasteiger partial charge in [0.1, 0.15) is 11.4 Å². The fourth-order valence-corrected chi connectivity index (χ4v) is 2.00. The van der Waals surface area contributed by atoms with Crippen molar-refractivity contribution in [3.8, 4) is 0 Å². The SMILES string of the molecule is CCCCN(C)c1cc(C)nc2c(C(=O)O)cnn12. The molecular weight excluding hydrogens is 244 g/mol. The summed E-state index contributed by atoms with van der Waals surface area (Å²) < 4.78 is 1.59. The van der Waals surface area contributed by atoms with E-state index in [0.717, 1.165) is 30.9 Å². The van der Waals surface area contributed by atoms with Gasteiger partial charge >= 0.3 is 5.97 Å². The number of carboxylic acid groups (broad SMARTS) is 1. The predicted octanol–water partition coefficient (Wildman–Crippen LogP) is 1.97. The Labute approximate surface area is 111 Å². The maximum Gasteiger partial charge on any atom is 0.341 e. The van der Waals surface area contributed by atoms with Crippen molar-refractivity contribution in [3.63, 3.8) is 0 Å². The summed E-state index contributed by atoms with van der Waals surface area (Å²) in [6, 6.07) is 1.92. The van der Waals surface area contributed by atoms with Crippen molar-refractivity contribution in [1.29, 1.82) is 0 Å². The zero-order valence-corrected chi connectivity index (χ0v) is 11.4. The predicted molar refractivity (Wildman–Crippen MR) is 72.9 cm³/mol. The molecule has 0 aromatic carbocycles. The molecule has 6 heteroatoms. The summed E-state index contributed by atoms with van der Waals surface area (Å²) in [4.78, 5) is 17.5. The van der Waals surface area contributed by atoms with Crippen molar-refractivity contribution in [2.45, 2.75) is 26.7 Å². The van der Waals surface area contributed by atoms with Gasteiger partial charge in [0.25, 0.3) is 0 Å². The molecule has 0 unspecified atom stereocenters. The highest BCUT2D eigenvalue weighted by Crippen LogP contribution is 2.19. The third-order valence-corrected chi connectivity index (χ3v) is 3.05. The lowest BCUT2D eigenvalue weighted by molar-refractivity contribution is 0.0699. The molecule has 0 amide bonds. The van der Waals surface area contributed by atoms with Gasteiger partial charge in [-0.25, -0.2) is 9.78 Å². The molecule has 0 aliphatic heterocycles. The molecule has 19 heavy (non-hydrogen) atoms. The number of hydrogen-bond acceptors (Lipinski definition) is 4. The molecule has 0 saturated carbocycles. The van der Waals surface area contributed by atoms with Gasteiger partial charge in [-0.1, -0.05) is 13.3 Å². The Hall–Kier alpha value is -2.11. The van der Waals surface area contributed by atoms with E-state index in [1.54, 1.807) is 4.52 Å². The minimum absolute atomic E-state index is 0.133. The number of carboxylic acids is 1. The summed E-state index contributed by atoms with van der Waals surface area (Å²) in [5, 5.41) is 13.3. The van der Waals surface area contributed by atoms with Crippen LogP contribution in [0, 0.1) is 6.92 Å². The quantitative estimate of drug-likeness (QED) is 0.892. The van der Waals surface area contributed by atoms with E-state index in [2.05, 4.69) is 21.9 Å². The topological polar surface area (TPSA) is 70.7 Å². The Morgan fingerprint density at radius 1 is 1.53 bits per heavy atom. The number of fused-ring (bicyclic) bond motifs is 1. The first-order chi connectivity index (χ1) is 9.04. The number of aryl methyl sites for hydroxylation is 1. The van der Waals surface area contributed by atoms with Crippen LogP contribution in [0.4, 0.5) is 5.82 Å². The van der Waals surface area contributed by atoms with Crippen molar-refractivity contribution >= 4 is 17.4 Å². The highest BCUT2D eigenvalue weighted by atomic mass is 16.4. The Morgan fingerprint density at radius 3 is 2.89 bits per heavy atom. The van der Waals surface area contributed by atoms with Crippen LogP contribution < -0.4 is 4.90 Å². The third-order valence-electron chi connectivity index (χ3n) is 3.05. The van der Waals surface area contributed by atoms with E-state index < -0.39 is 5.97 Å². The molecule has 0 spiro atoms. The number of unbranched alkanes of at least 4 members (excludes halogenated alkanes) is 1. The highest BCUT2D eigenvalue weighted by molar-refractivity contribution is 5.94. The van der Waals surface area contributed by atoms with Crippen molar-refractivity contribution in [3.05, 3.63) is 23.5 Å². The molecule has 102 valence electrons. The van der Waals surface area contributed by atoms with Crippen LogP contribution in [-0.2, 0) is 0 Å². The summed E-state index contributed by atoms with van der Waals surface area (Å²) in [5.74, 6) is -0.140. The Morgan fingerprint density at radius 2 is 2.26 bits per heavy atom. The number of carbonyl (C=O) groups is 1. The molecule has 1 N–H and O–H groups in total. The smallest absolute Gasteiger partial charge is 0.341 e. The van der Waals surface area contributed by atoms with Crippen LogP contribution in [0.1, 0.15) is 35.8 Å². The van der Waals surface area contributed by atoms with Gasteiger partial charge < -0.3 is 10.0 Å². The van der Waals surface area contributed by atoms with Crippen LogP contribution in [0.5, 0.6) is 0 Å². The second kappa shape index (κ2) is 5.26. The van der Waals surface area contributed by atoms with Crippen LogP contribution in [0.3, 0.4) is 0 Å². The molecule has 2 aromatic rings. The maximum atomic E-state index is 11.1. The van der Waals surface area contributed by atoms with Crippen molar-refractivity contribution in [1.82, 2.24) is 14.6 Å². The molecule has 0 bridgehead atoms. The zero-order valence-electron chi connectivity index (χ0n) is 11.4. The Kier molecular flexibility index (Phi) is 3.69. The average molecular weight is 262 g/mol. The van der Waals surface area contributed by atoms with Gasteiger partial charge in [0.2, 0.25) is 0 Å². The minimum atomic E-state index is -1.00. The summed E-state index contributed by atoms with van der Waals surface area (Å²) in [6.45, 7) is 4.89. The fourth-order valence-electron chi connectivity index (χ4n) is 2.00. The van der Waals surface area contributed by atoms with E-state index in [9.17, 15) is 4.79 Å². The van der Waals surface area contributed by atoms with Crippen molar-refractivity contribution in [2.75, 3.05) is 18.5 Å². The molecule has 0 aliphatic carbocycles. The molecule has 0 aliphatic rings. The van der Waals surface area contributed by atoms with Crippen LogP contribution in [-0.4, -0.2) is 39.3 Å². The maximum absolute atomic E-state index is 11.1. The monoisotopic (exact) mass is 262 g/mol. The van der Waals surface area contributed by atoms with Gasteiger partial charge in [-0.05, 0) is 13.3 Å². The summed E-state index contributed by atoms with van der Waals surface area (Å²) >= 11 is 0. The van der Waals surface area contributed by atoms with Crippen LogP contribution in [0.2, 0.25) is 0 Å². The number of hydrogen-bond donors (Lipinski definition) is 1. The minimum Gasteiger partial charge on any atom is -0.477 e. The van der Waals surface area contributed by atoms with E-state index in [1.165, 1.54) is 6.20 Å². The lowest BCUT2D eigenvalue weighted by Gasteiger charge is -2.20. The Balaban J connectivity index is 2.52.